The summed E-state index contributed by atoms with van der Waals surface area (Å²) in [6.07, 6.45) is -0.801. The zero-order chi connectivity index (χ0) is 28.2. The lowest BCUT2D eigenvalue weighted by Gasteiger charge is -2.21. The molecule has 0 radical (unpaired) electrons. The van der Waals surface area contributed by atoms with Crippen LogP contribution in [0.5, 0.6) is 5.75 Å². The molecule has 2 atom stereocenters. The van der Waals surface area contributed by atoms with Crippen LogP contribution in [0.4, 0.5) is 11.4 Å². The first-order chi connectivity index (χ1) is 18.7. The minimum absolute atomic E-state index is 0.0114. The normalized spacial score (nSPS) is 12.4. The molecule has 0 aliphatic rings. The van der Waals surface area contributed by atoms with E-state index < -0.39 is 42.3 Å². The lowest BCUT2D eigenvalue weighted by atomic mass is 10.0. The maximum atomic E-state index is 12.9. The van der Waals surface area contributed by atoms with E-state index in [1.165, 1.54) is 24.3 Å². The van der Waals surface area contributed by atoms with Gasteiger partial charge in [-0.2, -0.15) is 10.2 Å². The summed E-state index contributed by atoms with van der Waals surface area (Å²) in [6, 6.07) is 19.2. The Morgan fingerprint density at radius 2 is 1.31 bits per heavy atom. The number of carboxylic acid groups (broad SMARTS) is 2. The van der Waals surface area contributed by atoms with Gasteiger partial charge in [0.25, 0.3) is 0 Å². The Morgan fingerprint density at radius 3 is 1.90 bits per heavy atom. The average molecular weight is 533 g/mol. The SMILES string of the molecule is O=C(O)CC[C@H](NC(=O)Cc1ccc(N=Nc2ccccc2)cc1)C(=O)N[C@@H](Cc1ccc(O)cc1)C(=O)O. The molecule has 3 aromatic carbocycles. The lowest BCUT2D eigenvalue weighted by molar-refractivity contribution is -0.142. The standard InChI is InChI=1S/C28H28N4O7/c33-22-12-8-18(9-13-22)16-24(28(38)39)30-27(37)23(14-15-26(35)36)29-25(34)17-19-6-10-21(11-7-19)32-31-20-4-2-1-3-5-20/h1-13,23-24,33H,14-17H2,(H,29,34)(H,30,37)(H,35,36)(H,38,39)/t23-,24-/m0/s1. The van der Waals surface area contributed by atoms with E-state index >= 15 is 0 Å². The Kier molecular flexibility index (Phi) is 10.3. The van der Waals surface area contributed by atoms with Gasteiger partial charge in [-0.1, -0.05) is 42.5 Å². The van der Waals surface area contributed by atoms with E-state index in [1.807, 2.05) is 30.3 Å². The molecular formula is C28H28N4O7. The third kappa shape index (κ3) is 9.73. The molecule has 0 saturated heterocycles. The lowest BCUT2D eigenvalue weighted by Crippen LogP contribution is -2.52. The summed E-state index contributed by atoms with van der Waals surface area (Å²) in [5.74, 6) is -3.81. The highest BCUT2D eigenvalue weighted by Crippen LogP contribution is 2.18. The highest BCUT2D eigenvalue weighted by atomic mass is 16.4. The van der Waals surface area contributed by atoms with Crippen LogP contribution in [-0.4, -0.2) is 51.2 Å². The van der Waals surface area contributed by atoms with Gasteiger partial charge in [-0.15, -0.1) is 0 Å². The van der Waals surface area contributed by atoms with E-state index in [4.69, 9.17) is 5.11 Å². The second-order valence-corrected chi connectivity index (χ2v) is 8.70. The highest BCUT2D eigenvalue weighted by molar-refractivity contribution is 5.91. The zero-order valence-electron chi connectivity index (χ0n) is 20.9. The average Bonchev–Trinajstić information content (AvgIpc) is 2.91. The van der Waals surface area contributed by atoms with E-state index in [0.717, 1.165) is 0 Å². The number of hydrogen-bond donors (Lipinski definition) is 5. The van der Waals surface area contributed by atoms with Crippen molar-refractivity contribution in [3.05, 3.63) is 90.0 Å². The van der Waals surface area contributed by atoms with Gasteiger partial charge in [-0.25, -0.2) is 4.79 Å². The van der Waals surface area contributed by atoms with Crippen molar-refractivity contribution in [2.45, 2.75) is 37.8 Å². The van der Waals surface area contributed by atoms with Crippen molar-refractivity contribution in [2.75, 3.05) is 0 Å². The van der Waals surface area contributed by atoms with Crippen molar-refractivity contribution in [1.82, 2.24) is 10.6 Å². The van der Waals surface area contributed by atoms with Gasteiger partial charge < -0.3 is 26.0 Å². The number of nitrogens with one attached hydrogen (secondary N) is 2. The van der Waals surface area contributed by atoms with E-state index in [9.17, 15) is 29.4 Å². The van der Waals surface area contributed by atoms with Crippen molar-refractivity contribution in [2.24, 2.45) is 10.2 Å². The highest BCUT2D eigenvalue weighted by Gasteiger charge is 2.27. The molecule has 2 amide bonds. The Morgan fingerprint density at radius 1 is 0.718 bits per heavy atom. The molecule has 0 unspecified atom stereocenters. The summed E-state index contributed by atoms with van der Waals surface area (Å²) in [5.41, 5.74) is 2.45. The first kappa shape index (κ1) is 28.5. The molecule has 0 heterocycles. The second kappa shape index (κ2) is 14.0. The largest absolute Gasteiger partial charge is 0.508 e. The summed E-state index contributed by atoms with van der Waals surface area (Å²) in [4.78, 5) is 48.4. The maximum Gasteiger partial charge on any atom is 0.326 e. The van der Waals surface area contributed by atoms with Gasteiger partial charge >= 0.3 is 11.9 Å². The van der Waals surface area contributed by atoms with Crippen LogP contribution in [-0.2, 0) is 32.0 Å². The molecular weight excluding hydrogens is 504 g/mol. The van der Waals surface area contributed by atoms with Gasteiger partial charge in [0.1, 0.15) is 17.8 Å². The third-order valence-corrected chi connectivity index (χ3v) is 5.63. The van der Waals surface area contributed by atoms with Crippen LogP contribution in [0.25, 0.3) is 0 Å². The predicted octanol–water partition coefficient (Wildman–Crippen LogP) is 3.51. The molecule has 11 heteroatoms. The van der Waals surface area contributed by atoms with Crippen molar-refractivity contribution >= 4 is 35.1 Å². The van der Waals surface area contributed by atoms with Crippen LogP contribution in [0.2, 0.25) is 0 Å². The molecule has 3 rings (SSSR count). The number of azo groups is 1. The Balaban J connectivity index is 1.62. The summed E-state index contributed by atoms with van der Waals surface area (Å²) in [7, 11) is 0. The molecule has 0 saturated carbocycles. The van der Waals surface area contributed by atoms with Crippen LogP contribution < -0.4 is 10.6 Å². The molecule has 0 bridgehead atoms. The number of phenols is 1. The molecule has 3 aromatic rings. The molecule has 39 heavy (non-hydrogen) atoms. The van der Waals surface area contributed by atoms with Crippen LogP contribution in [0.1, 0.15) is 24.0 Å². The summed E-state index contributed by atoms with van der Waals surface area (Å²) in [5, 5.41) is 41.2. The summed E-state index contributed by atoms with van der Waals surface area (Å²) >= 11 is 0. The summed E-state index contributed by atoms with van der Waals surface area (Å²) < 4.78 is 0. The van der Waals surface area contributed by atoms with Gasteiger partial charge in [0, 0.05) is 12.8 Å². The molecule has 202 valence electrons. The number of aliphatic carboxylic acids is 2. The fourth-order valence-electron chi connectivity index (χ4n) is 3.60. The molecule has 0 aromatic heterocycles. The molecule has 0 aliphatic heterocycles. The maximum absolute atomic E-state index is 12.9. The molecule has 0 aliphatic carbocycles. The number of benzene rings is 3. The number of nitrogens with zero attached hydrogens (tertiary/aromatic N) is 2. The van der Waals surface area contributed by atoms with Gasteiger partial charge in [0.15, 0.2) is 0 Å². The van der Waals surface area contributed by atoms with Crippen molar-refractivity contribution < 1.29 is 34.5 Å². The molecule has 0 fully saturated rings. The molecule has 11 nitrogen and oxygen atoms in total. The monoisotopic (exact) mass is 532 g/mol. The summed E-state index contributed by atoms with van der Waals surface area (Å²) in [6.45, 7) is 0. The minimum atomic E-state index is -1.33. The smallest absolute Gasteiger partial charge is 0.326 e. The predicted molar refractivity (Wildman–Crippen MR) is 141 cm³/mol. The van der Waals surface area contributed by atoms with E-state index in [-0.39, 0.29) is 25.0 Å². The van der Waals surface area contributed by atoms with Gasteiger partial charge in [0.05, 0.1) is 17.8 Å². The number of carboxylic acids is 2. The van der Waals surface area contributed by atoms with Crippen LogP contribution in [0.15, 0.2) is 89.1 Å². The van der Waals surface area contributed by atoms with Gasteiger partial charge in [-0.3, -0.25) is 14.4 Å². The second-order valence-electron chi connectivity index (χ2n) is 8.70. The Labute approximate surface area is 224 Å². The Bertz CT molecular complexity index is 1310. The number of amides is 2. The van der Waals surface area contributed by atoms with Crippen LogP contribution in [0, 0.1) is 0 Å². The van der Waals surface area contributed by atoms with Crippen LogP contribution >= 0.6 is 0 Å². The number of aromatic hydroxyl groups is 1. The van der Waals surface area contributed by atoms with Crippen molar-refractivity contribution in [3.63, 3.8) is 0 Å². The number of hydrogen-bond acceptors (Lipinski definition) is 7. The van der Waals surface area contributed by atoms with Crippen molar-refractivity contribution in [1.29, 1.82) is 0 Å². The van der Waals surface area contributed by atoms with E-state index in [0.29, 0.717) is 22.5 Å². The number of carbonyl (C=O) groups excluding carboxylic acids is 2. The van der Waals surface area contributed by atoms with E-state index in [1.54, 1.807) is 24.3 Å². The molecule has 5 N–H and O–H groups in total. The number of carbonyl (C=O) groups is 4. The fourth-order valence-corrected chi connectivity index (χ4v) is 3.60. The van der Waals surface area contributed by atoms with E-state index in [2.05, 4.69) is 20.9 Å². The fraction of sp³-hybridized carbons (Fsp3) is 0.214. The zero-order valence-corrected chi connectivity index (χ0v) is 20.9. The Hall–Kier alpha value is -5.06. The quantitative estimate of drug-likeness (QED) is 0.209. The topological polar surface area (TPSA) is 178 Å². The van der Waals surface area contributed by atoms with Crippen LogP contribution in [0.3, 0.4) is 0 Å². The van der Waals surface area contributed by atoms with Gasteiger partial charge in [-0.05, 0) is 53.9 Å². The first-order valence-corrected chi connectivity index (χ1v) is 12.1. The first-order valence-electron chi connectivity index (χ1n) is 12.1. The third-order valence-electron chi connectivity index (χ3n) is 5.63. The minimum Gasteiger partial charge on any atom is -0.508 e. The number of phenolic OH excluding ortho intramolecular Hbond substituents is 1. The van der Waals surface area contributed by atoms with Crippen molar-refractivity contribution in [3.8, 4) is 5.75 Å². The number of rotatable bonds is 13. The van der Waals surface area contributed by atoms with Gasteiger partial charge in [0.2, 0.25) is 11.8 Å². The molecule has 0 spiro atoms.